The number of halogens is 4. The van der Waals surface area contributed by atoms with Crippen LogP contribution >= 0.6 is 11.6 Å². The molecule has 138 valence electrons. The highest BCUT2D eigenvalue weighted by molar-refractivity contribution is 6.33. The Balaban J connectivity index is 1.70. The Morgan fingerprint density at radius 3 is 2.44 bits per heavy atom. The lowest BCUT2D eigenvalue weighted by Gasteiger charge is -2.10. The zero-order valence-electron chi connectivity index (χ0n) is 13.6. The number of hydrogen-bond donors (Lipinski definition) is 2. The average Bonchev–Trinajstić information content (AvgIpc) is 2.64. The molecule has 9 heteroatoms. The maximum absolute atomic E-state index is 12.7. The van der Waals surface area contributed by atoms with Crippen molar-refractivity contribution in [3.8, 4) is 0 Å². The smallest absolute Gasteiger partial charge is 0.338 e. The third kappa shape index (κ3) is 4.73. The van der Waals surface area contributed by atoms with Crippen molar-refractivity contribution in [2.24, 2.45) is 0 Å². The molecule has 0 saturated carbocycles. The molecule has 1 amide bonds. The molecule has 3 aromatic rings. The maximum atomic E-state index is 12.7. The lowest BCUT2D eigenvalue weighted by Crippen LogP contribution is -2.15. The summed E-state index contributed by atoms with van der Waals surface area (Å²) in [6.07, 6.45) is -1.96. The van der Waals surface area contributed by atoms with Gasteiger partial charge in [-0.05, 0) is 30.3 Å². The molecule has 0 fully saturated rings. The summed E-state index contributed by atoms with van der Waals surface area (Å²) in [5.41, 5.74) is -0.271. The monoisotopic (exact) mass is 392 g/mol. The van der Waals surface area contributed by atoms with Gasteiger partial charge in [-0.3, -0.25) is 4.79 Å². The predicted molar refractivity (Wildman–Crippen MR) is 96.2 cm³/mol. The van der Waals surface area contributed by atoms with E-state index in [-0.39, 0.29) is 11.4 Å². The van der Waals surface area contributed by atoms with Crippen LogP contribution in [0.2, 0.25) is 5.02 Å². The van der Waals surface area contributed by atoms with E-state index in [4.69, 9.17) is 11.6 Å². The number of carbonyl (C=O) groups is 1. The molecule has 1 heterocycles. The SMILES string of the molecule is O=C(Nc1cccc(C(F)(F)F)c1)c1cnc(Nc2ccccc2Cl)cn1. The Labute approximate surface area is 157 Å². The van der Waals surface area contributed by atoms with E-state index in [2.05, 4.69) is 20.6 Å². The van der Waals surface area contributed by atoms with E-state index in [1.54, 1.807) is 24.3 Å². The first-order valence-corrected chi connectivity index (χ1v) is 8.03. The van der Waals surface area contributed by atoms with Gasteiger partial charge in [-0.2, -0.15) is 13.2 Å². The van der Waals surface area contributed by atoms with Gasteiger partial charge in [-0.1, -0.05) is 29.8 Å². The lowest BCUT2D eigenvalue weighted by molar-refractivity contribution is -0.137. The topological polar surface area (TPSA) is 66.9 Å². The van der Waals surface area contributed by atoms with E-state index in [0.29, 0.717) is 16.5 Å². The fraction of sp³-hybridized carbons (Fsp3) is 0.0556. The molecule has 5 nitrogen and oxygen atoms in total. The van der Waals surface area contributed by atoms with E-state index in [0.717, 1.165) is 12.1 Å². The molecule has 3 rings (SSSR count). The number of nitrogens with zero attached hydrogens (tertiary/aromatic N) is 2. The van der Waals surface area contributed by atoms with Gasteiger partial charge < -0.3 is 10.6 Å². The number of rotatable bonds is 4. The molecule has 0 bridgehead atoms. The van der Waals surface area contributed by atoms with Crippen molar-refractivity contribution in [1.29, 1.82) is 0 Å². The Morgan fingerprint density at radius 1 is 1.00 bits per heavy atom. The van der Waals surface area contributed by atoms with Crippen molar-refractivity contribution in [3.63, 3.8) is 0 Å². The van der Waals surface area contributed by atoms with Crippen molar-refractivity contribution in [1.82, 2.24) is 9.97 Å². The fourth-order valence-corrected chi connectivity index (χ4v) is 2.36. The number of carbonyl (C=O) groups excluding carboxylic acids is 1. The average molecular weight is 393 g/mol. The molecule has 27 heavy (non-hydrogen) atoms. The fourth-order valence-electron chi connectivity index (χ4n) is 2.18. The maximum Gasteiger partial charge on any atom is 0.416 e. The molecule has 0 aliphatic rings. The van der Waals surface area contributed by atoms with Crippen LogP contribution in [-0.2, 0) is 6.18 Å². The number of hydrogen-bond acceptors (Lipinski definition) is 4. The van der Waals surface area contributed by atoms with Crippen LogP contribution in [0.15, 0.2) is 60.9 Å². The highest BCUT2D eigenvalue weighted by Gasteiger charge is 2.30. The second-order valence-corrected chi connectivity index (χ2v) is 5.83. The van der Waals surface area contributed by atoms with Gasteiger partial charge in [0, 0.05) is 5.69 Å². The number of para-hydroxylation sites is 1. The molecule has 0 radical (unpaired) electrons. The first kappa shape index (κ1) is 18.7. The van der Waals surface area contributed by atoms with Crippen molar-refractivity contribution in [2.75, 3.05) is 10.6 Å². The minimum atomic E-state index is -4.49. The summed E-state index contributed by atoms with van der Waals surface area (Å²) in [6.45, 7) is 0. The molecule has 2 aromatic carbocycles. The predicted octanol–water partition coefficient (Wildman–Crippen LogP) is 5.14. The molecule has 0 saturated heterocycles. The summed E-state index contributed by atoms with van der Waals surface area (Å²) in [5, 5.41) is 5.81. The Kier molecular flexibility index (Phi) is 5.27. The third-order valence-corrected chi connectivity index (χ3v) is 3.80. The van der Waals surface area contributed by atoms with Gasteiger partial charge in [0.15, 0.2) is 0 Å². The first-order valence-electron chi connectivity index (χ1n) is 7.65. The van der Waals surface area contributed by atoms with Crippen LogP contribution in [-0.4, -0.2) is 15.9 Å². The van der Waals surface area contributed by atoms with Crippen LogP contribution in [0.25, 0.3) is 0 Å². The highest BCUT2D eigenvalue weighted by atomic mass is 35.5. The van der Waals surface area contributed by atoms with Crippen molar-refractivity contribution in [2.45, 2.75) is 6.18 Å². The van der Waals surface area contributed by atoms with E-state index < -0.39 is 17.6 Å². The number of amides is 1. The Hall–Kier alpha value is -3.13. The molecule has 0 spiro atoms. The van der Waals surface area contributed by atoms with E-state index in [1.807, 2.05) is 0 Å². The highest BCUT2D eigenvalue weighted by Crippen LogP contribution is 2.30. The van der Waals surface area contributed by atoms with Crippen molar-refractivity contribution >= 4 is 34.7 Å². The number of anilines is 3. The van der Waals surface area contributed by atoms with Gasteiger partial charge >= 0.3 is 6.18 Å². The van der Waals surface area contributed by atoms with Gasteiger partial charge in [0.1, 0.15) is 11.5 Å². The minimum Gasteiger partial charge on any atom is -0.338 e. The largest absolute Gasteiger partial charge is 0.416 e. The van der Waals surface area contributed by atoms with Gasteiger partial charge in [0.2, 0.25) is 0 Å². The number of alkyl halides is 3. The van der Waals surface area contributed by atoms with Crippen LogP contribution in [0, 0.1) is 0 Å². The quantitative estimate of drug-likeness (QED) is 0.644. The van der Waals surface area contributed by atoms with Crippen molar-refractivity contribution in [3.05, 3.63) is 77.2 Å². The number of aromatic nitrogens is 2. The number of benzene rings is 2. The molecular formula is C18H12ClF3N4O. The molecular weight excluding hydrogens is 381 g/mol. The second-order valence-electron chi connectivity index (χ2n) is 5.42. The standard InChI is InChI=1S/C18H12ClF3N4O/c19-13-6-1-2-7-14(13)26-16-10-23-15(9-24-16)17(27)25-12-5-3-4-11(8-12)18(20,21)22/h1-10H,(H,24,26)(H,25,27). The van der Waals surface area contributed by atoms with E-state index in [9.17, 15) is 18.0 Å². The van der Waals surface area contributed by atoms with Gasteiger partial charge in [0.05, 0.1) is 28.7 Å². The molecule has 0 aliphatic carbocycles. The van der Waals surface area contributed by atoms with Crippen molar-refractivity contribution < 1.29 is 18.0 Å². The third-order valence-electron chi connectivity index (χ3n) is 3.47. The zero-order chi connectivity index (χ0) is 19.4. The number of nitrogens with one attached hydrogen (secondary N) is 2. The van der Waals surface area contributed by atoms with Crippen LogP contribution in [0.3, 0.4) is 0 Å². The molecule has 0 unspecified atom stereocenters. The van der Waals surface area contributed by atoms with Crippen LogP contribution < -0.4 is 10.6 Å². The Morgan fingerprint density at radius 2 is 1.78 bits per heavy atom. The van der Waals surface area contributed by atoms with E-state index >= 15 is 0 Å². The lowest BCUT2D eigenvalue weighted by atomic mass is 10.2. The summed E-state index contributed by atoms with van der Waals surface area (Å²) >= 11 is 6.04. The molecule has 0 atom stereocenters. The summed E-state index contributed by atoms with van der Waals surface area (Å²) in [7, 11) is 0. The van der Waals surface area contributed by atoms with Gasteiger partial charge in [-0.15, -0.1) is 0 Å². The minimum absolute atomic E-state index is 0.00916. The summed E-state index contributed by atoms with van der Waals surface area (Å²) in [5.74, 6) is -0.315. The van der Waals surface area contributed by atoms with Crippen LogP contribution in [0.4, 0.5) is 30.4 Å². The Bertz CT molecular complexity index is 961. The zero-order valence-corrected chi connectivity index (χ0v) is 14.3. The summed E-state index contributed by atoms with van der Waals surface area (Å²) in [4.78, 5) is 20.2. The summed E-state index contributed by atoms with van der Waals surface area (Å²) in [6, 6.07) is 11.4. The molecule has 2 N–H and O–H groups in total. The molecule has 1 aromatic heterocycles. The normalized spacial score (nSPS) is 11.1. The van der Waals surface area contributed by atoms with E-state index in [1.165, 1.54) is 24.5 Å². The van der Waals surface area contributed by atoms with Crippen LogP contribution in [0.1, 0.15) is 16.1 Å². The van der Waals surface area contributed by atoms with Gasteiger partial charge in [-0.25, -0.2) is 9.97 Å². The second kappa shape index (κ2) is 7.63. The van der Waals surface area contributed by atoms with Gasteiger partial charge in [0.25, 0.3) is 5.91 Å². The van der Waals surface area contributed by atoms with Crippen LogP contribution in [0.5, 0.6) is 0 Å². The first-order chi connectivity index (χ1) is 12.8. The summed E-state index contributed by atoms with van der Waals surface area (Å²) < 4.78 is 38.2. The molecule has 0 aliphatic heterocycles.